The van der Waals surface area contributed by atoms with Gasteiger partial charge in [0.25, 0.3) is 11.8 Å². The molecule has 0 saturated carbocycles. The molecule has 3 aromatic rings. The van der Waals surface area contributed by atoms with E-state index in [1.165, 1.54) is 17.4 Å². The van der Waals surface area contributed by atoms with E-state index in [2.05, 4.69) is 10.5 Å². The molecule has 0 unspecified atom stereocenters. The summed E-state index contributed by atoms with van der Waals surface area (Å²) < 4.78 is 4.92. The molecule has 0 aliphatic rings. The first kappa shape index (κ1) is 17.9. The summed E-state index contributed by atoms with van der Waals surface area (Å²) in [4.78, 5) is 25.4. The van der Waals surface area contributed by atoms with Gasteiger partial charge in [-0.1, -0.05) is 23.4 Å². The van der Waals surface area contributed by atoms with E-state index in [9.17, 15) is 9.59 Å². The molecule has 3 rings (SSSR count). The van der Waals surface area contributed by atoms with Crippen LogP contribution in [-0.2, 0) is 0 Å². The molecule has 1 aromatic carbocycles. The first-order chi connectivity index (χ1) is 12.3. The highest BCUT2D eigenvalue weighted by Crippen LogP contribution is 2.40. The first-order valence-corrected chi connectivity index (χ1v) is 8.85. The zero-order valence-corrected chi connectivity index (χ0v) is 15.8. The van der Waals surface area contributed by atoms with Crippen molar-refractivity contribution >= 4 is 28.2 Å². The number of nitrogens with two attached hydrogens (primary N) is 1. The summed E-state index contributed by atoms with van der Waals surface area (Å²) in [5.41, 5.74) is 10.0. The van der Waals surface area contributed by atoms with Gasteiger partial charge in [0.2, 0.25) is 0 Å². The van der Waals surface area contributed by atoms with E-state index in [1.807, 2.05) is 39.0 Å². The van der Waals surface area contributed by atoms with Gasteiger partial charge in [-0.3, -0.25) is 9.59 Å². The lowest BCUT2D eigenvalue weighted by Gasteiger charge is -2.08. The van der Waals surface area contributed by atoms with Crippen LogP contribution in [0, 0.1) is 27.7 Å². The molecular formula is C19H19N3O3S. The molecular weight excluding hydrogens is 350 g/mol. The second-order valence-electron chi connectivity index (χ2n) is 6.18. The maximum absolute atomic E-state index is 12.4. The number of rotatable bonds is 4. The zero-order chi connectivity index (χ0) is 19.0. The van der Waals surface area contributed by atoms with Crippen molar-refractivity contribution in [1.82, 2.24) is 5.16 Å². The SMILES string of the molecule is Cc1cc(C(=O)Nc2sc(C)c(-c3ccc(C)c(C)c3)c2C(N)=O)no1. The van der Waals surface area contributed by atoms with Crippen LogP contribution in [0.25, 0.3) is 11.1 Å². The molecule has 26 heavy (non-hydrogen) atoms. The summed E-state index contributed by atoms with van der Waals surface area (Å²) >= 11 is 1.31. The van der Waals surface area contributed by atoms with Crippen LogP contribution in [0.5, 0.6) is 0 Å². The second-order valence-corrected chi connectivity index (χ2v) is 7.40. The van der Waals surface area contributed by atoms with Gasteiger partial charge in [0.05, 0.1) is 5.56 Å². The third-order valence-corrected chi connectivity index (χ3v) is 5.23. The lowest BCUT2D eigenvalue weighted by Crippen LogP contribution is -2.17. The van der Waals surface area contributed by atoms with E-state index in [1.54, 1.807) is 6.92 Å². The number of benzene rings is 1. The van der Waals surface area contributed by atoms with Crippen molar-refractivity contribution in [3.63, 3.8) is 0 Å². The molecule has 0 saturated heterocycles. The van der Waals surface area contributed by atoms with Crippen molar-refractivity contribution in [2.45, 2.75) is 27.7 Å². The molecule has 6 nitrogen and oxygen atoms in total. The Bertz CT molecular complexity index is 1020. The highest BCUT2D eigenvalue weighted by molar-refractivity contribution is 7.17. The van der Waals surface area contributed by atoms with Crippen LogP contribution in [0.1, 0.15) is 42.6 Å². The molecule has 0 spiro atoms. The molecule has 7 heteroatoms. The fraction of sp³-hybridized carbons (Fsp3) is 0.211. The van der Waals surface area contributed by atoms with Crippen LogP contribution in [0.3, 0.4) is 0 Å². The van der Waals surface area contributed by atoms with Gasteiger partial charge < -0.3 is 15.6 Å². The van der Waals surface area contributed by atoms with E-state index in [4.69, 9.17) is 10.3 Å². The topological polar surface area (TPSA) is 98.2 Å². The molecule has 0 fully saturated rings. The first-order valence-electron chi connectivity index (χ1n) is 8.03. The maximum Gasteiger partial charge on any atom is 0.278 e. The van der Waals surface area contributed by atoms with Crippen molar-refractivity contribution < 1.29 is 14.1 Å². The number of aryl methyl sites for hydroxylation is 4. The molecule has 2 amide bonds. The summed E-state index contributed by atoms with van der Waals surface area (Å²) in [7, 11) is 0. The summed E-state index contributed by atoms with van der Waals surface area (Å²) in [5.74, 6) is -0.505. The highest BCUT2D eigenvalue weighted by atomic mass is 32.1. The minimum absolute atomic E-state index is 0.150. The number of carbonyl (C=O) groups is 2. The number of nitrogens with one attached hydrogen (secondary N) is 1. The van der Waals surface area contributed by atoms with Crippen LogP contribution >= 0.6 is 11.3 Å². The Hall–Kier alpha value is -2.93. The van der Waals surface area contributed by atoms with Crippen molar-refractivity contribution in [1.29, 1.82) is 0 Å². The predicted molar refractivity (Wildman–Crippen MR) is 102 cm³/mol. The number of thiophene rings is 1. The Labute approximate surface area is 155 Å². The molecule has 134 valence electrons. The van der Waals surface area contributed by atoms with Gasteiger partial charge in [0.15, 0.2) is 5.69 Å². The van der Waals surface area contributed by atoms with E-state index >= 15 is 0 Å². The normalized spacial score (nSPS) is 10.8. The molecule has 0 aliphatic carbocycles. The van der Waals surface area contributed by atoms with Gasteiger partial charge >= 0.3 is 0 Å². The maximum atomic E-state index is 12.4. The minimum Gasteiger partial charge on any atom is -0.365 e. The van der Waals surface area contributed by atoms with Gasteiger partial charge in [-0.05, 0) is 44.4 Å². The monoisotopic (exact) mass is 369 g/mol. The largest absolute Gasteiger partial charge is 0.365 e. The quantitative estimate of drug-likeness (QED) is 0.726. The number of hydrogen-bond acceptors (Lipinski definition) is 5. The highest BCUT2D eigenvalue weighted by Gasteiger charge is 2.24. The van der Waals surface area contributed by atoms with Gasteiger partial charge in [0, 0.05) is 16.5 Å². The third-order valence-electron chi connectivity index (χ3n) is 4.21. The smallest absolute Gasteiger partial charge is 0.278 e. The summed E-state index contributed by atoms with van der Waals surface area (Å²) in [5, 5.41) is 6.84. The molecule has 0 atom stereocenters. The number of carbonyl (C=O) groups excluding carboxylic acids is 2. The fourth-order valence-electron chi connectivity index (χ4n) is 2.75. The Balaban J connectivity index is 2.06. The molecule has 0 aliphatic heterocycles. The molecule has 2 heterocycles. The summed E-state index contributed by atoms with van der Waals surface area (Å²) in [6.07, 6.45) is 0. The fourth-order valence-corrected chi connectivity index (χ4v) is 3.83. The van der Waals surface area contributed by atoms with Gasteiger partial charge in [-0.2, -0.15) is 0 Å². The molecule has 2 aromatic heterocycles. The van der Waals surface area contributed by atoms with E-state index in [-0.39, 0.29) is 5.69 Å². The zero-order valence-electron chi connectivity index (χ0n) is 15.0. The van der Waals surface area contributed by atoms with Crippen LogP contribution in [0.15, 0.2) is 28.8 Å². The van der Waals surface area contributed by atoms with Crippen molar-refractivity contribution in [2.24, 2.45) is 5.73 Å². The number of hydrogen-bond donors (Lipinski definition) is 2. The Morgan fingerprint density at radius 3 is 2.42 bits per heavy atom. The Kier molecular flexibility index (Phi) is 4.65. The second kappa shape index (κ2) is 6.76. The average molecular weight is 369 g/mol. The Morgan fingerprint density at radius 1 is 1.12 bits per heavy atom. The van der Waals surface area contributed by atoms with E-state index < -0.39 is 11.8 Å². The Morgan fingerprint density at radius 2 is 1.85 bits per heavy atom. The standard InChI is InChI=1S/C19H19N3O3S/c1-9-5-6-13(7-10(9)2)15-12(4)26-19(16(15)17(20)23)21-18(24)14-8-11(3)25-22-14/h5-8H,1-4H3,(H2,20,23)(H,21,24). The number of primary amides is 1. The predicted octanol–water partition coefficient (Wildman–Crippen LogP) is 3.99. The number of anilines is 1. The van der Waals surface area contributed by atoms with Crippen LogP contribution in [0.4, 0.5) is 5.00 Å². The minimum atomic E-state index is -0.589. The molecule has 0 radical (unpaired) electrons. The van der Waals surface area contributed by atoms with Gasteiger partial charge in [-0.25, -0.2) is 0 Å². The number of nitrogens with zero attached hydrogens (tertiary/aromatic N) is 1. The summed E-state index contributed by atoms with van der Waals surface area (Å²) in [6, 6.07) is 7.51. The molecule has 0 bridgehead atoms. The average Bonchev–Trinajstić information content (AvgIpc) is 3.13. The lowest BCUT2D eigenvalue weighted by molar-refractivity contribution is 0.100. The van der Waals surface area contributed by atoms with Crippen LogP contribution < -0.4 is 11.1 Å². The molecule has 3 N–H and O–H groups in total. The van der Waals surface area contributed by atoms with E-state index in [0.29, 0.717) is 16.3 Å². The van der Waals surface area contributed by atoms with Crippen molar-refractivity contribution in [3.8, 4) is 11.1 Å². The van der Waals surface area contributed by atoms with Gasteiger partial charge in [-0.15, -0.1) is 11.3 Å². The van der Waals surface area contributed by atoms with Crippen LogP contribution in [-0.4, -0.2) is 17.0 Å². The third kappa shape index (κ3) is 3.25. The van der Waals surface area contributed by atoms with Crippen LogP contribution in [0.2, 0.25) is 0 Å². The number of amides is 2. The lowest BCUT2D eigenvalue weighted by atomic mass is 9.97. The van der Waals surface area contributed by atoms with Crippen molar-refractivity contribution in [2.75, 3.05) is 5.32 Å². The number of aromatic nitrogens is 1. The summed E-state index contributed by atoms with van der Waals surface area (Å²) in [6.45, 7) is 7.64. The van der Waals surface area contributed by atoms with Gasteiger partial charge in [0.1, 0.15) is 10.8 Å². The van der Waals surface area contributed by atoms with E-state index in [0.717, 1.165) is 27.1 Å². The van der Waals surface area contributed by atoms with Crippen molar-refractivity contribution in [3.05, 3.63) is 57.3 Å².